The lowest BCUT2D eigenvalue weighted by Crippen LogP contribution is -2.34. The van der Waals surface area contributed by atoms with E-state index in [4.69, 9.17) is 0 Å². The Morgan fingerprint density at radius 1 is 1.00 bits per heavy atom. The zero-order chi connectivity index (χ0) is 16.9. The van der Waals surface area contributed by atoms with Gasteiger partial charge in [0.25, 0.3) is 0 Å². The van der Waals surface area contributed by atoms with Gasteiger partial charge in [-0.15, -0.1) is 22.7 Å². The van der Waals surface area contributed by atoms with E-state index >= 15 is 4.39 Å². The van der Waals surface area contributed by atoms with E-state index in [-0.39, 0.29) is 5.82 Å². The van der Waals surface area contributed by atoms with Crippen LogP contribution in [0.25, 0.3) is 31.9 Å². The van der Waals surface area contributed by atoms with E-state index in [1.807, 2.05) is 23.6 Å². The lowest BCUT2D eigenvalue weighted by atomic mass is 10.1. The van der Waals surface area contributed by atoms with Gasteiger partial charge in [-0.25, -0.2) is 4.39 Å². The number of benzene rings is 1. The standard InChI is InChI=1S/C17H15FN2S3Si/c1-24(2,3)14-7-6-13(22-14)15-11(18)9-10(12-5-4-8-21-12)16-17(15)20-23-19-16/h4-9H,1-3H3. The van der Waals surface area contributed by atoms with Crippen LogP contribution in [0.2, 0.25) is 19.6 Å². The largest absolute Gasteiger partial charge is 0.206 e. The lowest BCUT2D eigenvalue weighted by Gasteiger charge is -2.12. The van der Waals surface area contributed by atoms with Crippen LogP contribution in [0.3, 0.4) is 0 Å². The maximum absolute atomic E-state index is 15.0. The van der Waals surface area contributed by atoms with Crippen molar-refractivity contribution < 1.29 is 4.39 Å². The first-order valence-electron chi connectivity index (χ1n) is 7.54. The van der Waals surface area contributed by atoms with Crippen molar-refractivity contribution in [2.45, 2.75) is 19.6 Å². The highest BCUT2D eigenvalue weighted by Crippen LogP contribution is 2.39. The molecule has 24 heavy (non-hydrogen) atoms. The van der Waals surface area contributed by atoms with E-state index in [1.165, 1.54) is 4.50 Å². The van der Waals surface area contributed by atoms with Crippen molar-refractivity contribution >= 4 is 58.0 Å². The summed E-state index contributed by atoms with van der Waals surface area (Å²) < 4.78 is 25.2. The van der Waals surface area contributed by atoms with Crippen LogP contribution in [0, 0.1) is 5.82 Å². The minimum absolute atomic E-state index is 0.220. The molecule has 0 bridgehead atoms. The minimum Gasteiger partial charge on any atom is -0.206 e. The third-order valence-electron chi connectivity index (χ3n) is 3.87. The maximum atomic E-state index is 15.0. The molecule has 4 aromatic rings. The number of fused-ring (bicyclic) bond motifs is 1. The quantitative estimate of drug-likeness (QED) is 0.411. The summed E-state index contributed by atoms with van der Waals surface area (Å²) >= 11 is 4.43. The van der Waals surface area contributed by atoms with E-state index in [2.05, 4.69) is 34.5 Å². The second-order valence-electron chi connectivity index (χ2n) is 6.63. The number of nitrogens with zero attached hydrogens (tertiary/aromatic N) is 2. The topological polar surface area (TPSA) is 25.8 Å². The molecule has 1 aromatic carbocycles. The smallest absolute Gasteiger partial charge is 0.134 e. The van der Waals surface area contributed by atoms with Gasteiger partial charge < -0.3 is 0 Å². The first kappa shape index (κ1) is 16.1. The SMILES string of the molecule is C[Si](C)(C)c1ccc(-c2c(F)cc(-c3cccs3)c3nsnc23)s1. The number of thiophene rings is 2. The van der Waals surface area contributed by atoms with Crippen molar-refractivity contribution in [1.82, 2.24) is 8.75 Å². The minimum atomic E-state index is -1.40. The summed E-state index contributed by atoms with van der Waals surface area (Å²) in [6.07, 6.45) is 0. The Balaban J connectivity index is 1.95. The zero-order valence-corrected chi connectivity index (χ0v) is 16.9. The Morgan fingerprint density at radius 3 is 2.46 bits per heavy atom. The molecule has 0 N–H and O–H groups in total. The van der Waals surface area contributed by atoms with Crippen LogP contribution in [0.15, 0.2) is 35.7 Å². The van der Waals surface area contributed by atoms with Gasteiger partial charge in [-0.1, -0.05) is 31.8 Å². The van der Waals surface area contributed by atoms with Crippen molar-refractivity contribution in [2.24, 2.45) is 0 Å². The Kier molecular flexibility index (Phi) is 3.91. The highest BCUT2D eigenvalue weighted by Gasteiger charge is 2.23. The molecule has 7 heteroatoms. The summed E-state index contributed by atoms with van der Waals surface area (Å²) in [7, 11) is -1.40. The van der Waals surface area contributed by atoms with Crippen molar-refractivity contribution in [3.05, 3.63) is 41.5 Å². The molecule has 0 saturated heterocycles. The predicted molar refractivity (Wildman–Crippen MR) is 107 cm³/mol. The Hall–Kier alpha value is -1.41. The fraction of sp³-hybridized carbons (Fsp3) is 0.176. The molecule has 0 amide bonds. The van der Waals surface area contributed by atoms with E-state index < -0.39 is 8.07 Å². The van der Waals surface area contributed by atoms with Crippen LogP contribution in [0.1, 0.15) is 0 Å². The summed E-state index contributed by atoms with van der Waals surface area (Å²) in [5, 5.41) is 1.99. The van der Waals surface area contributed by atoms with E-state index in [0.717, 1.165) is 32.6 Å². The second kappa shape index (κ2) is 5.84. The van der Waals surface area contributed by atoms with Crippen LogP contribution in [0.5, 0.6) is 0 Å². The average molecular weight is 391 g/mol. The fourth-order valence-corrected chi connectivity index (χ4v) is 6.89. The molecule has 3 aromatic heterocycles. The molecule has 0 aliphatic carbocycles. The second-order valence-corrected chi connectivity index (χ2v) is 14.6. The third-order valence-corrected chi connectivity index (χ3v) is 10.0. The normalized spacial score (nSPS) is 12.2. The molecule has 0 radical (unpaired) electrons. The van der Waals surface area contributed by atoms with Crippen LogP contribution in [0.4, 0.5) is 4.39 Å². The summed E-state index contributed by atoms with van der Waals surface area (Å²) in [5.74, 6) is -0.220. The first-order valence-corrected chi connectivity index (χ1v) is 13.5. The molecule has 0 saturated carbocycles. The summed E-state index contributed by atoms with van der Waals surface area (Å²) in [5.41, 5.74) is 2.89. The van der Waals surface area contributed by atoms with Crippen molar-refractivity contribution in [3.63, 3.8) is 0 Å². The highest BCUT2D eigenvalue weighted by atomic mass is 32.1. The molecule has 0 spiro atoms. The van der Waals surface area contributed by atoms with Crippen molar-refractivity contribution in [3.8, 4) is 20.9 Å². The zero-order valence-electron chi connectivity index (χ0n) is 13.5. The molecule has 4 rings (SSSR count). The number of halogens is 1. The third kappa shape index (κ3) is 2.65. The first-order chi connectivity index (χ1) is 11.4. The Morgan fingerprint density at radius 2 is 1.79 bits per heavy atom. The Labute approximate surface area is 153 Å². The molecule has 122 valence electrons. The molecule has 3 heterocycles. The van der Waals surface area contributed by atoms with Crippen LogP contribution < -0.4 is 4.50 Å². The van der Waals surface area contributed by atoms with Gasteiger partial charge >= 0.3 is 0 Å². The molecular formula is C17H15FN2S3Si. The number of hydrogen-bond donors (Lipinski definition) is 0. The molecule has 0 aliphatic heterocycles. The van der Waals surface area contributed by atoms with E-state index in [1.54, 1.807) is 28.7 Å². The Bertz CT molecular complexity index is 1010. The van der Waals surface area contributed by atoms with Gasteiger partial charge in [-0.2, -0.15) is 8.75 Å². The molecule has 0 unspecified atom stereocenters. The van der Waals surface area contributed by atoms with E-state index in [0.29, 0.717) is 11.1 Å². The van der Waals surface area contributed by atoms with Gasteiger partial charge in [0.15, 0.2) is 0 Å². The van der Waals surface area contributed by atoms with Gasteiger partial charge in [0.05, 0.1) is 25.4 Å². The predicted octanol–water partition coefficient (Wildman–Crippen LogP) is 5.83. The van der Waals surface area contributed by atoms with E-state index in [9.17, 15) is 0 Å². The van der Waals surface area contributed by atoms with Gasteiger partial charge in [-0.3, -0.25) is 0 Å². The molecule has 0 atom stereocenters. The molecule has 0 fully saturated rings. The monoisotopic (exact) mass is 390 g/mol. The lowest BCUT2D eigenvalue weighted by molar-refractivity contribution is 0.633. The summed E-state index contributed by atoms with van der Waals surface area (Å²) in [6.45, 7) is 6.91. The molecule has 2 nitrogen and oxygen atoms in total. The number of hydrogen-bond acceptors (Lipinski definition) is 5. The number of rotatable bonds is 3. The molecule has 0 aliphatic rings. The summed E-state index contributed by atoms with van der Waals surface area (Å²) in [6, 6.07) is 9.74. The van der Waals surface area contributed by atoms with Crippen LogP contribution in [-0.4, -0.2) is 16.8 Å². The van der Waals surface area contributed by atoms with Gasteiger partial charge in [-0.05, 0) is 28.1 Å². The van der Waals surface area contributed by atoms with Crippen molar-refractivity contribution in [2.75, 3.05) is 0 Å². The van der Waals surface area contributed by atoms with Crippen molar-refractivity contribution in [1.29, 1.82) is 0 Å². The fourth-order valence-electron chi connectivity index (χ4n) is 2.64. The maximum Gasteiger partial charge on any atom is 0.134 e. The summed E-state index contributed by atoms with van der Waals surface area (Å²) in [4.78, 5) is 1.97. The molecular weight excluding hydrogens is 375 g/mol. The van der Waals surface area contributed by atoms with Gasteiger partial charge in [0.1, 0.15) is 16.9 Å². The van der Waals surface area contributed by atoms with Gasteiger partial charge in [0, 0.05) is 15.3 Å². The average Bonchev–Trinajstić information content (AvgIpc) is 3.26. The van der Waals surface area contributed by atoms with Crippen LogP contribution in [-0.2, 0) is 0 Å². The highest BCUT2D eigenvalue weighted by molar-refractivity contribution is 7.28. The van der Waals surface area contributed by atoms with Crippen LogP contribution >= 0.6 is 34.4 Å². The number of aromatic nitrogens is 2. The van der Waals surface area contributed by atoms with Gasteiger partial charge in [0.2, 0.25) is 0 Å².